The Morgan fingerprint density at radius 1 is 1.56 bits per heavy atom. The summed E-state index contributed by atoms with van der Waals surface area (Å²) in [6.45, 7) is 0.968. The van der Waals surface area contributed by atoms with Gasteiger partial charge in [0.1, 0.15) is 0 Å². The Kier molecular flexibility index (Phi) is 3.29. The minimum absolute atomic E-state index is 0.0566. The second-order valence-electron chi connectivity index (χ2n) is 4.26. The van der Waals surface area contributed by atoms with E-state index in [1.54, 1.807) is 6.07 Å². The SMILES string of the molecule is CN1CCCCC1c1cc(C=O)cnc1F. The molecule has 0 saturated carbocycles. The van der Waals surface area contributed by atoms with Crippen LogP contribution in [-0.2, 0) is 0 Å². The molecule has 0 bridgehead atoms. The number of halogens is 1. The quantitative estimate of drug-likeness (QED) is 0.568. The Morgan fingerprint density at radius 3 is 3.06 bits per heavy atom. The van der Waals surface area contributed by atoms with Gasteiger partial charge >= 0.3 is 0 Å². The molecule has 1 aromatic heterocycles. The lowest BCUT2D eigenvalue weighted by atomic mass is 9.96. The molecular formula is C12H15FN2O. The summed E-state index contributed by atoms with van der Waals surface area (Å²) in [5.74, 6) is -0.454. The molecule has 1 aliphatic rings. The van der Waals surface area contributed by atoms with Crippen LogP contribution in [0, 0.1) is 5.95 Å². The number of hydrogen-bond donors (Lipinski definition) is 0. The maximum atomic E-state index is 13.6. The predicted molar refractivity (Wildman–Crippen MR) is 58.8 cm³/mol. The van der Waals surface area contributed by atoms with Crippen molar-refractivity contribution in [1.29, 1.82) is 0 Å². The summed E-state index contributed by atoms with van der Waals surface area (Å²) in [7, 11) is 1.98. The number of aldehydes is 1. The van der Waals surface area contributed by atoms with Gasteiger partial charge < -0.3 is 0 Å². The first-order valence-electron chi connectivity index (χ1n) is 5.53. The van der Waals surface area contributed by atoms with Crippen LogP contribution < -0.4 is 0 Å². The Bertz CT molecular complexity index is 395. The molecule has 2 rings (SSSR count). The molecule has 3 nitrogen and oxygen atoms in total. The summed E-state index contributed by atoms with van der Waals surface area (Å²) < 4.78 is 13.6. The van der Waals surface area contributed by atoms with E-state index in [1.165, 1.54) is 6.20 Å². The van der Waals surface area contributed by atoms with E-state index in [9.17, 15) is 9.18 Å². The molecule has 0 aliphatic carbocycles. The first-order chi connectivity index (χ1) is 7.72. The number of hydrogen-bond acceptors (Lipinski definition) is 3. The molecule has 1 unspecified atom stereocenters. The largest absolute Gasteiger partial charge is 0.299 e. The zero-order valence-corrected chi connectivity index (χ0v) is 9.32. The minimum atomic E-state index is -0.454. The molecule has 1 atom stereocenters. The number of pyridine rings is 1. The van der Waals surface area contributed by atoms with Crippen molar-refractivity contribution in [2.75, 3.05) is 13.6 Å². The van der Waals surface area contributed by atoms with E-state index in [2.05, 4.69) is 9.88 Å². The van der Waals surface area contributed by atoms with Crippen molar-refractivity contribution in [3.05, 3.63) is 29.3 Å². The van der Waals surface area contributed by atoms with Crippen LogP contribution >= 0.6 is 0 Å². The van der Waals surface area contributed by atoms with Gasteiger partial charge in [-0.2, -0.15) is 4.39 Å². The van der Waals surface area contributed by atoms with Crippen molar-refractivity contribution in [3.63, 3.8) is 0 Å². The van der Waals surface area contributed by atoms with Gasteiger partial charge in [0.25, 0.3) is 0 Å². The summed E-state index contributed by atoms with van der Waals surface area (Å²) in [6, 6.07) is 1.67. The normalized spacial score (nSPS) is 22.0. The van der Waals surface area contributed by atoms with E-state index in [4.69, 9.17) is 0 Å². The second-order valence-corrected chi connectivity index (χ2v) is 4.26. The number of likely N-dealkylation sites (tertiary alicyclic amines) is 1. The average Bonchev–Trinajstić information content (AvgIpc) is 2.31. The molecule has 1 fully saturated rings. The van der Waals surface area contributed by atoms with Crippen LogP contribution in [0.4, 0.5) is 4.39 Å². The number of rotatable bonds is 2. The van der Waals surface area contributed by atoms with Crippen LogP contribution in [0.15, 0.2) is 12.3 Å². The summed E-state index contributed by atoms with van der Waals surface area (Å²) in [5.41, 5.74) is 0.988. The third-order valence-corrected chi connectivity index (χ3v) is 3.15. The third-order valence-electron chi connectivity index (χ3n) is 3.15. The lowest BCUT2D eigenvalue weighted by Crippen LogP contribution is -2.30. The van der Waals surface area contributed by atoms with E-state index < -0.39 is 5.95 Å². The van der Waals surface area contributed by atoms with Gasteiger partial charge in [-0.3, -0.25) is 9.69 Å². The third kappa shape index (κ3) is 2.11. The molecule has 0 spiro atoms. The van der Waals surface area contributed by atoms with Crippen molar-refractivity contribution in [1.82, 2.24) is 9.88 Å². The Labute approximate surface area is 94.3 Å². The summed E-state index contributed by atoms with van der Waals surface area (Å²) in [4.78, 5) is 16.4. The lowest BCUT2D eigenvalue weighted by Gasteiger charge is -2.32. The first-order valence-corrected chi connectivity index (χ1v) is 5.53. The highest BCUT2D eigenvalue weighted by Crippen LogP contribution is 2.30. The zero-order valence-electron chi connectivity index (χ0n) is 9.32. The number of carbonyl (C=O) groups excluding carboxylic acids is 1. The van der Waals surface area contributed by atoms with E-state index in [0.29, 0.717) is 17.4 Å². The molecule has 1 aromatic rings. The maximum Gasteiger partial charge on any atom is 0.217 e. The molecule has 0 N–H and O–H groups in total. The molecule has 0 radical (unpaired) electrons. The smallest absolute Gasteiger partial charge is 0.217 e. The molecule has 1 aliphatic heterocycles. The molecule has 1 saturated heterocycles. The molecule has 0 amide bonds. The molecule has 0 aromatic carbocycles. The summed E-state index contributed by atoms with van der Waals surface area (Å²) >= 11 is 0. The van der Waals surface area contributed by atoms with Crippen molar-refractivity contribution in [2.45, 2.75) is 25.3 Å². The predicted octanol–water partition coefficient (Wildman–Crippen LogP) is 2.19. The van der Waals surface area contributed by atoms with Crippen LogP contribution in [-0.4, -0.2) is 29.8 Å². The Balaban J connectivity index is 2.33. The van der Waals surface area contributed by atoms with Crippen molar-refractivity contribution in [2.24, 2.45) is 0 Å². The second kappa shape index (κ2) is 4.70. The fourth-order valence-corrected chi connectivity index (χ4v) is 2.25. The highest BCUT2D eigenvalue weighted by atomic mass is 19.1. The zero-order chi connectivity index (χ0) is 11.5. The van der Waals surface area contributed by atoms with Gasteiger partial charge in [0.15, 0.2) is 6.29 Å². The number of carbonyl (C=O) groups is 1. The van der Waals surface area contributed by atoms with E-state index in [1.807, 2.05) is 7.05 Å². The van der Waals surface area contributed by atoms with E-state index in [0.717, 1.165) is 25.8 Å². The van der Waals surface area contributed by atoms with Gasteiger partial charge in [-0.1, -0.05) is 6.42 Å². The standard InChI is InChI=1S/C12H15FN2O/c1-15-5-3-2-4-11(15)10-6-9(8-16)7-14-12(10)13/h6-8,11H,2-5H2,1H3. The van der Waals surface area contributed by atoms with Crippen LogP contribution in [0.3, 0.4) is 0 Å². The van der Waals surface area contributed by atoms with E-state index >= 15 is 0 Å². The van der Waals surface area contributed by atoms with Gasteiger partial charge in [0, 0.05) is 23.4 Å². The summed E-state index contributed by atoms with van der Waals surface area (Å²) in [5, 5.41) is 0. The molecule has 2 heterocycles. The van der Waals surface area contributed by atoms with Gasteiger partial charge in [-0.05, 0) is 32.5 Å². The lowest BCUT2D eigenvalue weighted by molar-refractivity contribution is 0.112. The van der Waals surface area contributed by atoms with Gasteiger partial charge in [0.2, 0.25) is 5.95 Å². The molecule has 16 heavy (non-hydrogen) atoms. The van der Waals surface area contributed by atoms with Crippen molar-refractivity contribution < 1.29 is 9.18 Å². The van der Waals surface area contributed by atoms with Crippen molar-refractivity contribution >= 4 is 6.29 Å². The van der Waals surface area contributed by atoms with Crippen LogP contribution in [0.25, 0.3) is 0 Å². The fraction of sp³-hybridized carbons (Fsp3) is 0.500. The highest BCUT2D eigenvalue weighted by Gasteiger charge is 2.24. The van der Waals surface area contributed by atoms with Gasteiger partial charge in [-0.15, -0.1) is 0 Å². The van der Waals surface area contributed by atoms with Crippen LogP contribution in [0.5, 0.6) is 0 Å². The molecular weight excluding hydrogens is 207 g/mol. The number of piperidine rings is 1. The molecule has 4 heteroatoms. The van der Waals surface area contributed by atoms with Gasteiger partial charge in [-0.25, -0.2) is 4.98 Å². The maximum absolute atomic E-state index is 13.6. The van der Waals surface area contributed by atoms with Crippen LogP contribution in [0.2, 0.25) is 0 Å². The van der Waals surface area contributed by atoms with Crippen molar-refractivity contribution in [3.8, 4) is 0 Å². The topological polar surface area (TPSA) is 33.2 Å². The average molecular weight is 222 g/mol. The molecule has 86 valence electrons. The summed E-state index contributed by atoms with van der Waals surface area (Å²) in [6.07, 6.45) is 5.15. The Morgan fingerprint density at radius 2 is 2.38 bits per heavy atom. The Hall–Kier alpha value is -1.29. The number of aromatic nitrogens is 1. The minimum Gasteiger partial charge on any atom is -0.299 e. The fourth-order valence-electron chi connectivity index (χ4n) is 2.25. The monoisotopic (exact) mass is 222 g/mol. The number of nitrogens with zero attached hydrogens (tertiary/aromatic N) is 2. The van der Waals surface area contributed by atoms with E-state index in [-0.39, 0.29) is 6.04 Å². The van der Waals surface area contributed by atoms with Crippen LogP contribution in [0.1, 0.15) is 41.2 Å². The first kappa shape index (κ1) is 11.2. The highest BCUT2D eigenvalue weighted by molar-refractivity contribution is 5.74. The van der Waals surface area contributed by atoms with Gasteiger partial charge in [0.05, 0.1) is 0 Å².